The zero-order valence-corrected chi connectivity index (χ0v) is 22.4. The third-order valence-corrected chi connectivity index (χ3v) is 8.22. The summed E-state index contributed by atoms with van der Waals surface area (Å²) in [6, 6.07) is 14.6. The molecule has 1 unspecified atom stereocenters. The van der Waals surface area contributed by atoms with Gasteiger partial charge in [-0.15, -0.1) is 0 Å². The Kier molecular flexibility index (Phi) is 6.80. The molecule has 11 heteroatoms. The average Bonchev–Trinajstić information content (AvgIpc) is 3.53. The summed E-state index contributed by atoms with van der Waals surface area (Å²) in [4.78, 5) is 21.7. The van der Waals surface area contributed by atoms with E-state index in [1.165, 1.54) is 10.7 Å². The number of benzene rings is 2. The minimum atomic E-state index is -3.58. The molecule has 2 aromatic carbocycles. The standard InChI is InChI=1S/C27H31N7O3S/c1-18-13-20(31-38(36,37)17-19-7-5-4-6-8-19)9-10-22(18)23-14-29-26-24(15-30-34(26)25(23)28)27(35)33-12-11-21(16-33)32(2)3/h4-10,13-15,21,31H,11-12,16-17,28H2,1-3H3. The zero-order chi connectivity index (χ0) is 27.0. The molecule has 1 saturated heterocycles. The second-order valence-corrected chi connectivity index (χ2v) is 11.6. The van der Waals surface area contributed by atoms with Crippen LogP contribution in [0.15, 0.2) is 60.9 Å². The van der Waals surface area contributed by atoms with E-state index in [-0.39, 0.29) is 11.7 Å². The van der Waals surface area contributed by atoms with E-state index in [0.717, 1.165) is 17.5 Å². The Morgan fingerprint density at radius 2 is 1.89 bits per heavy atom. The molecule has 1 atom stereocenters. The van der Waals surface area contributed by atoms with E-state index >= 15 is 0 Å². The zero-order valence-electron chi connectivity index (χ0n) is 21.6. The molecule has 38 heavy (non-hydrogen) atoms. The highest BCUT2D eigenvalue weighted by atomic mass is 32.2. The van der Waals surface area contributed by atoms with E-state index in [4.69, 9.17) is 5.73 Å². The van der Waals surface area contributed by atoms with Crippen LogP contribution in [0.4, 0.5) is 11.5 Å². The predicted octanol–water partition coefficient (Wildman–Crippen LogP) is 3.00. The van der Waals surface area contributed by atoms with Gasteiger partial charge in [-0.1, -0.05) is 36.4 Å². The van der Waals surface area contributed by atoms with Crippen molar-refractivity contribution in [2.75, 3.05) is 37.6 Å². The highest BCUT2D eigenvalue weighted by molar-refractivity contribution is 7.91. The fourth-order valence-electron chi connectivity index (χ4n) is 4.86. The van der Waals surface area contributed by atoms with Crippen molar-refractivity contribution in [3.05, 3.63) is 77.6 Å². The number of hydrogen-bond acceptors (Lipinski definition) is 7. The van der Waals surface area contributed by atoms with Crippen molar-refractivity contribution < 1.29 is 13.2 Å². The van der Waals surface area contributed by atoms with Crippen molar-refractivity contribution >= 4 is 33.1 Å². The monoisotopic (exact) mass is 533 g/mol. The van der Waals surface area contributed by atoms with Gasteiger partial charge < -0.3 is 15.5 Å². The molecule has 0 aliphatic carbocycles. The van der Waals surface area contributed by atoms with Gasteiger partial charge in [-0.2, -0.15) is 9.61 Å². The normalized spacial score (nSPS) is 15.9. The number of nitrogens with two attached hydrogens (primary N) is 1. The van der Waals surface area contributed by atoms with E-state index < -0.39 is 10.0 Å². The van der Waals surface area contributed by atoms with Crippen molar-refractivity contribution in [2.24, 2.45) is 0 Å². The Bertz CT molecular complexity index is 1600. The number of carbonyl (C=O) groups is 1. The van der Waals surface area contributed by atoms with Gasteiger partial charge in [0.15, 0.2) is 5.65 Å². The summed E-state index contributed by atoms with van der Waals surface area (Å²) in [5, 5.41) is 4.37. The molecule has 1 amide bonds. The predicted molar refractivity (Wildman–Crippen MR) is 148 cm³/mol. The van der Waals surface area contributed by atoms with Gasteiger partial charge in [0, 0.05) is 36.6 Å². The van der Waals surface area contributed by atoms with E-state index in [2.05, 4.69) is 19.7 Å². The lowest BCUT2D eigenvalue weighted by Gasteiger charge is -2.20. The number of nitrogen functional groups attached to an aromatic ring is 1. The van der Waals surface area contributed by atoms with Crippen LogP contribution >= 0.6 is 0 Å². The molecule has 5 rings (SSSR count). The van der Waals surface area contributed by atoms with Crippen molar-refractivity contribution in [2.45, 2.75) is 25.1 Å². The first-order valence-corrected chi connectivity index (χ1v) is 14.0. The third-order valence-electron chi connectivity index (χ3n) is 6.96. The van der Waals surface area contributed by atoms with Crippen molar-refractivity contribution in [3.63, 3.8) is 0 Å². The van der Waals surface area contributed by atoms with Crippen LogP contribution < -0.4 is 10.5 Å². The Balaban J connectivity index is 1.38. The van der Waals surface area contributed by atoms with Gasteiger partial charge in [-0.05, 0) is 56.3 Å². The van der Waals surface area contributed by atoms with Gasteiger partial charge in [0.2, 0.25) is 10.0 Å². The highest BCUT2D eigenvalue weighted by Gasteiger charge is 2.30. The molecule has 3 heterocycles. The molecular formula is C27H31N7O3S. The average molecular weight is 534 g/mol. The lowest BCUT2D eigenvalue weighted by molar-refractivity contribution is 0.0784. The Labute approximate surface area is 222 Å². The number of likely N-dealkylation sites (tertiary alicyclic amines) is 1. The second kappa shape index (κ2) is 10.1. The minimum absolute atomic E-state index is 0.104. The summed E-state index contributed by atoms with van der Waals surface area (Å²) in [6.45, 7) is 3.23. The number of fused-ring (bicyclic) bond motifs is 1. The molecule has 0 saturated carbocycles. The summed E-state index contributed by atoms with van der Waals surface area (Å²) in [5.74, 6) is 0.130. The Morgan fingerprint density at radius 3 is 2.58 bits per heavy atom. The molecule has 4 aromatic rings. The Hall–Kier alpha value is -3.96. The topological polar surface area (TPSA) is 126 Å². The number of nitrogens with one attached hydrogen (secondary N) is 1. The summed E-state index contributed by atoms with van der Waals surface area (Å²) < 4.78 is 29.4. The first-order chi connectivity index (χ1) is 18.1. The number of likely N-dealkylation sites (N-methyl/N-ethyl adjacent to an activating group) is 1. The van der Waals surface area contributed by atoms with Crippen LogP contribution in [-0.4, -0.2) is 71.9 Å². The number of amides is 1. The van der Waals surface area contributed by atoms with Gasteiger partial charge in [-0.25, -0.2) is 13.4 Å². The summed E-state index contributed by atoms with van der Waals surface area (Å²) >= 11 is 0. The van der Waals surface area contributed by atoms with Crippen LogP contribution in [0.2, 0.25) is 0 Å². The van der Waals surface area contributed by atoms with Gasteiger partial charge in [0.25, 0.3) is 5.91 Å². The van der Waals surface area contributed by atoms with E-state index in [1.54, 1.807) is 36.5 Å². The summed E-state index contributed by atoms with van der Waals surface area (Å²) in [6.07, 6.45) is 4.08. The number of anilines is 2. The van der Waals surface area contributed by atoms with Gasteiger partial charge in [0.05, 0.1) is 11.9 Å². The number of aromatic nitrogens is 3. The van der Waals surface area contributed by atoms with E-state index in [9.17, 15) is 13.2 Å². The number of aryl methyl sites for hydroxylation is 1. The van der Waals surface area contributed by atoms with Crippen molar-refractivity contribution in [3.8, 4) is 11.1 Å². The maximum atomic E-state index is 13.2. The molecule has 0 radical (unpaired) electrons. The number of hydrogen-bond donors (Lipinski definition) is 2. The van der Waals surface area contributed by atoms with Gasteiger partial charge >= 0.3 is 0 Å². The molecule has 0 spiro atoms. The molecule has 3 N–H and O–H groups in total. The van der Waals surface area contributed by atoms with Crippen LogP contribution in [0, 0.1) is 6.92 Å². The van der Waals surface area contributed by atoms with E-state index in [1.807, 2.05) is 44.1 Å². The third kappa shape index (κ3) is 5.07. The lowest BCUT2D eigenvalue weighted by atomic mass is 10.0. The van der Waals surface area contributed by atoms with Crippen molar-refractivity contribution in [1.82, 2.24) is 24.4 Å². The maximum Gasteiger partial charge on any atom is 0.259 e. The first-order valence-electron chi connectivity index (χ1n) is 12.4. The SMILES string of the molecule is Cc1cc(NS(=O)(=O)Cc2ccccc2)ccc1-c1cnc2c(C(=O)N3CCC(N(C)C)C3)cnn2c1N. The summed E-state index contributed by atoms with van der Waals surface area (Å²) in [5.41, 5.74) is 10.7. The number of carbonyl (C=O) groups excluding carboxylic acids is 1. The minimum Gasteiger partial charge on any atom is -0.383 e. The fourth-order valence-corrected chi connectivity index (χ4v) is 6.05. The number of sulfonamides is 1. The van der Waals surface area contributed by atoms with Crippen LogP contribution in [0.1, 0.15) is 27.9 Å². The molecule has 1 aliphatic rings. The van der Waals surface area contributed by atoms with Crippen molar-refractivity contribution in [1.29, 1.82) is 0 Å². The molecule has 2 aromatic heterocycles. The molecular weight excluding hydrogens is 502 g/mol. The number of nitrogens with zero attached hydrogens (tertiary/aromatic N) is 5. The Morgan fingerprint density at radius 1 is 1.13 bits per heavy atom. The molecule has 0 bridgehead atoms. The first kappa shape index (κ1) is 25.7. The molecule has 10 nitrogen and oxygen atoms in total. The quantitative estimate of drug-likeness (QED) is 0.374. The highest BCUT2D eigenvalue weighted by Crippen LogP contribution is 2.31. The van der Waals surface area contributed by atoms with Gasteiger partial charge in [0.1, 0.15) is 11.4 Å². The van der Waals surface area contributed by atoms with Crippen LogP contribution in [0.5, 0.6) is 0 Å². The van der Waals surface area contributed by atoms with E-state index in [0.29, 0.717) is 53.0 Å². The number of rotatable bonds is 7. The molecule has 1 aliphatic heterocycles. The summed E-state index contributed by atoms with van der Waals surface area (Å²) in [7, 11) is 0.460. The fraction of sp³-hybridized carbons (Fsp3) is 0.296. The van der Waals surface area contributed by atoms with Crippen LogP contribution in [-0.2, 0) is 15.8 Å². The van der Waals surface area contributed by atoms with Gasteiger partial charge in [-0.3, -0.25) is 9.52 Å². The maximum absolute atomic E-state index is 13.2. The largest absolute Gasteiger partial charge is 0.383 e. The molecule has 1 fully saturated rings. The smallest absolute Gasteiger partial charge is 0.259 e. The van der Waals surface area contributed by atoms with Crippen LogP contribution in [0.3, 0.4) is 0 Å². The second-order valence-electron chi connectivity index (χ2n) is 9.88. The van der Waals surface area contributed by atoms with Crippen LogP contribution in [0.25, 0.3) is 16.8 Å². The molecule has 198 valence electrons. The lowest BCUT2D eigenvalue weighted by Crippen LogP contribution is -2.34.